The Hall–Kier alpha value is -2.77. The van der Waals surface area contributed by atoms with Gasteiger partial charge < -0.3 is 14.7 Å². The van der Waals surface area contributed by atoms with E-state index >= 15 is 0 Å². The summed E-state index contributed by atoms with van der Waals surface area (Å²) < 4.78 is 19.5. The van der Waals surface area contributed by atoms with Gasteiger partial charge in [-0.2, -0.15) is 0 Å². The molecule has 3 aromatic rings. The van der Waals surface area contributed by atoms with Crippen LogP contribution < -0.4 is 0 Å². The molecule has 0 radical (unpaired) electrons. The number of rotatable bonds is 7. The second-order valence-electron chi connectivity index (χ2n) is 8.59. The van der Waals surface area contributed by atoms with Crippen LogP contribution in [0.25, 0.3) is 10.4 Å². The lowest BCUT2D eigenvalue weighted by Crippen LogP contribution is -2.48. The minimum atomic E-state index is -0.852. The Labute approximate surface area is 197 Å². The lowest BCUT2D eigenvalue weighted by molar-refractivity contribution is -0.0680. The van der Waals surface area contributed by atoms with E-state index in [2.05, 4.69) is 29.2 Å². The second-order valence-corrected chi connectivity index (χ2v) is 9.79. The minimum absolute atomic E-state index is 0.00567. The van der Waals surface area contributed by atoms with Crippen LogP contribution in [-0.2, 0) is 10.3 Å². The summed E-state index contributed by atoms with van der Waals surface area (Å²) in [5.41, 5.74) is 3.08. The summed E-state index contributed by atoms with van der Waals surface area (Å²) in [4.78, 5) is 20.5. The molecule has 0 unspecified atom stereocenters. The maximum absolute atomic E-state index is 13.5. The maximum atomic E-state index is 13.5. The van der Waals surface area contributed by atoms with Crippen molar-refractivity contribution in [3.05, 3.63) is 76.2 Å². The van der Waals surface area contributed by atoms with Gasteiger partial charge in [-0.25, -0.2) is 14.2 Å². The predicted molar refractivity (Wildman–Crippen MR) is 128 cm³/mol. The molecule has 174 valence electrons. The monoisotopic (exact) mass is 468 g/mol. The van der Waals surface area contributed by atoms with Gasteiger partial charge in [-0.15, -0.1) is 11.3 Å². The average Bonchev–Trinajstić information content (AvgIpc) is 3.15. The highest BCUT2D eigenvalue weighted by molar-refractivity contribution is 7.15. The molecule has 2 heterocycles. The highest BCUT2D eigenvalue weighted by Crippen LogP contribution is 2.40. The number of carbonyl (C=O) groups is 1. The summed E-state index contributed by atoms with van der Waals surface area (Å²) in [6, 6.07) is 14.2. The molecule has 1 fully saturated rings. The molecule has 2 atom stereocenters. The molecule has 5 nitrogen and oxygen atoms in total. The van der Waals surface area contributed by atoms with Crippen molar-refractivity contribution < 1.29 is 19.0 Å². The Bertz CT molecular complexity index is 1110. The lowest BCUT2D eigenvalue weighted by atomic mass is 9.84. The number of hydrogen-bond acceptors (Lipinski definition) is 5. The molecule has 0 aliphatic carbocycles. The predicted octanol–water partition coefficient (Wildman–Crippen LogP) is 6.14. The van der Waals surface area contributed by atoms with Crippen molar-refractivity contribution in [1.29, 1.82) is 0 Å². The quantitative estimate of drug-likeness (QED) is 0.453. The van der Waals surface area contributed by atoms with Crippen molar-refractivity contribution in [2.75, 3.05) is 13.2 Å². The molecule has 1 aromatic heterocycles. The number of benzene rings is 2. The zero-order chi connectivity index (χ0) is 23.6. The van der Waals surface area contributed by atoms with Crippen LogP contribution in [0.5, 0.6) is 0 Å². The highest BCUT2D eigenvalue weighted by atomic mass is 32.1. The maximum Gasteiger partial charge on any atom is 0.411 e. The van der Waals surface area contributed by atoms with E-state index in [-0.39, 0.29) is 18.5 Å². The number of cyclic esters (lactones) is 1. The summed E-state index contributed by atoms with van der Waals surface area (Å²) in [5, 5.41) is 10.4. The zero-order valence-corrected chi connectivity index (χ0v) is 20.0. The Morgan fingerprint density at radius 1 is 1.18 bits per heavy atom. The number of thiazole rings is 1. The first-order valence-corrected chi connectivity index (χ1v) is 12.1. The van der Waals surface area contributed by atoms with Crippen LogP contribution in [0.4, 0.5) is 9.18 Å². The van der Waals surface area contributed by atoms with Crippen molar-refractivity contribution in [1.82, 2.24) is 9.88 Å². The zero-order valence-electron chi connectivity index (χ0n) is 19.2. The highest BCUT2D eigenvalue weighted by Gasteiger charge is 2.43. The summed E-state index contributed by atoms with van der Waals surface area (Å²) in [6.07, 6.45) is 1.17. The third-order valence-electron chi connectivity index (χ3n) is 6.41. The summed E-state index contributed by atoms with van der Waals surface area (Å²) >= 11 is 1.68. The average molecular weight is 469 g/mol. The van der Waals surface area contributed by atoms with Gasteiger partial charge in [0, 0.05) is 19.6 Å². The Morgan fingerprint density at radius 3 is 2.45 bits per heavy atom. The fraction of sp³-hybridized carbons (Fsp3) is 0.385. The molecule has 1 aliphatic heterocycles. The van der Waals surface area contributed by atoms with Gasteiger partial charge in [0.2, 0.25) is 0 Å². The standard InChI is InChI=1S/C26H29FN2O3S/c1-17-24(33-19(3)28-17)21-7-5-20(6-8-21)18(2)29-15-14-26(13-4-16-30,32-25(29)31)22-9-11-23(27)12-10-22/h5-12,18,30H,4,13-16H2,1-3H3/t18-,26+/m0/s1. The fourth-order valence-corrected chi connectivity index (χ4v) is 5.48. The summed E-state index contributed by atoms with van der Waals surface area (Å²) in [7, 11) is 0. The van der Waals surface area contributed by atoms with E-state index in [9.17, 15) is 14.3 Å². The number of hydrogen-bond donors (Lipinski definition) is 1. The van der Waals surface area contributed by atoms with Crippen molar-refractivity contribution in [3.63, 3.8) is 0 Å². The number of ether oxygens (including phenoxy) is 1. The molecule has 4 rings (SSSR count). The van der Waals surface area contributed by atoms with Gasteiger partial charge in [-0.1, -0.05) is 36.4 Å². The molecule has 2 aromatic carbocycles. The largest absolute Gasteiger partial charge is 0.438 e. The van der Waals surface area contributed by atoms with E-state index in [1.165, 1.54) is 12.1 Å². The first kappa shape index (κ1) is 23.4. The number of amides is 1. The molecule has 1 amide bonds. The topological polar surface area (TPSA) is 62.7 Å². The van der Waals surface area contributed by atoms with Crippen LogP contribution in [0.15, 0.2) is 48.5 Å². The number of nitrogens with zero attached hydrogens (tertiary/aromatic N) is 2. The Morgan fingerprint density at radius 2 is 1.88 bits per heavy atom. The lowest BCUT2D eigenvalue weighted by Gasteiger charge is -2.43. The van der Waals surface area contributed by atoms with Crippen molar-refractivity contribution in [3.8, 4) is 10.4 Å². The van der Waals surface area contributed by atoms with E-state index in [4.69, 9.17) is 4.74 Å². The van der Waals surface area contributed by atoms with Crippen LogP contribution in [0.3, 0.4) is 0 Å². The third-order valence-corrected chi connectivity index (χ3v) is 7.53. The van der Waals surface area contributed by atoms with E-state index in [1.54, 1.807) is 28.4 Å². The molecule has 1 N–H and O–H groups in total. The number of aliphatic hydroxyl groups excluding tert-OH is 1. The molecule has 0 bridgehead atoms. The van der Waals surface area contributed by atoms with Gasteiger partial charge in [-0.05, 0) is 62.4 Å². The van der Waals surface area contributed by atoms with Gasteiger partial charge >= 0.3 is 6.09 Å². The van der Waals surface area contributed by atoms with Crippen LogP contribution >= 0.6 is 11.3 Å². The number of aliphatic hydroxyl groups is 1. The minimum Gasteiger partial charge on any atom is -0.438 e. The van der Waals surface area contributed by atoms with E-state index in [0.29, 0.717) is 25.8 Å². The Balaban J connectivity index is 1.52. The molecule has 7 heteroatoms. The Kier molecular flexibility index (Phi) is 6.81. The molecular weight excluding hydrogens is 439 g/mol. The van der Waals surface area contributed by atoms with Crippen LogP contribution in [0.1, 0.15) is 54.1 Å². The van der Waals surface area contributed by atoms with Crippen LogP contribution in [0, 0.1) is 19.7 Å². The first-order chi connectivity index (χ1) is 15.8. The van der Waals surface area contributed by atoms with Crippen LogP contribution in [-0.4, -0.2) is 34.2 Å². The number of carbonyl (C=O) groups excluding carboxylic acids is 1. The van der Waals surface area contributed by atoms with E-state index < -0.39 is 11.7 Å². The molecule has 0 spiro atoms. The third kappa shape index (κ3) is 4.80. The van der Waals surface area contributed by atoms with Crippen molar-refractivity contribution >= 4 is 17.4 Å². The first-order valence-electron chi connectivity index (χ1n) is 11.2. The molecule has 33 heavy (non-hydrogen) atoms. The SMILES string of the molecule is Cc1nc(C)c(-c2ccc([C@H](C)N3CC[C@](CCCO)(c4ccc(F)cc4)OC3=O)cc2)s1. The van der Waals surface area contributed by atoms with Gasteiger partial charge in [0.1, 0.15) is 11.4 Å². The molecule has 1 aliphatic rings. The number of aryl methyl sites for hydroxylation is 2. The van der Waals surface area contributed by atoms with Crippen molar-refractivity contribution in [2.24, 2.45) is 0 Å². The number of halogens is 1. The van der Waals surface area contributed by atoms with Gasteiger partial charge in [0.05, 0.1) is 21.6 Å². The van der Waals surface area contributed by atoms with Crippen LogP contribution in [0.2, 0.25) is 0 Å². The van der Waals surface area contributed by atoms with Gasteiger partial charge in [0.15, 0.2) is 0 Å². The molecular formula is C26H29FN2O3S. The smallest absolute Gasteiger partial charge is 0.411 e. The van der Waals surface area contributed by atoms with Crippen molar-refractivity contribution in [2.45, 2.75) is 51.7 Å². The van der Waals surface area contributed by atoms with E-state index in [1.807, 2.05) is 20.8 Å². The fourth-order valence-electron chi connectivity index (χ4n) is 4.55. The molecule has 1 saturated heterocycles. The second kappa shape index (κ2) is 9.61. The van der Waals surface area contributed by atoms with E-state index in [0.717, 1.165) is 32.3 Å². The summed E-state index contributed by atoms with van der Waals surface area (Å²) in [6.45, 7) is 6.54. The summed E-state index contributed by atoms with van der Waals surface area (Å²) in [5.74, 6) is -0.333. The molecule has 0 saturated carbocycles. The van der Waals surface area contributed by atoms with Gasteiger partial charge in [-0.3, -0.25) is 0 Å². The number of aromatic nitrogens is 1. The normalized spacial score (nSPS) is 19.4. The van der Waals surface area contributed by atoms with Gasteiger partial charge in [0.25, 0.3) is 0 Å².